The number of amides is 1. The van der Waals surface area contributed by atoms with E-state index < -0.39 is 0 Å². The van der Waals surface area contributed by atoms with E-state index in [0.717, 1.165) is 22.2 Å². The van der Waals surface area contributed by atoms with E-state index in [1.807, 2.05) is 0 Å². The maximum Gasteiger partial charge on any atom is 0.410 e. The second-order valence-corrected chi connectivity index (χ2v) is 4.33. The quantitative estimate of drug-likeness (QED) is 0.874. The van der Waals surface area contributed by atoms with E-state index in [1.165, 1.54) is 12.1 Å². The highest BCUT2D eigenvalue weighted by atomic mass is 35.5. The fraction of sp³-hybridized carbons (Fsp3) is 0.308. The zero-order chi connectivity index (χ0) is 12.7. The van der Waals surface area contributed by atoms with Gasteiger partial charge in [0, 0.05) is 22.2 Å². The summed E-state index contributed by atoms with van der Waals surface area (Å²) in [6, 6.07) is 4.65. The first kappa shape index (κ1) is 13.7. The van der Waals surface area contributed by atoms with Gasteiger partial charge < -0.3 is 9.72 Å². The number of rotatable bonds is 1. The van der Waals surface area contributed by atoms with Crippen molar-refractivity contribution >= 4 is 29.4 Å². The largest absolute Gasteiger partial charge is 0.450 e. The van der Waals surface area contributed by atoms with Gasteiger partial charge in [-0.2, -0.15) is 0 Å². The molecule has 2 heterocycles. The first-order valence-corrected chi connectivity index (χ1v) is 5.89. The Hall–Kier alpha value is -1.75. The zero-order valence-electron chi connectivity index (χ0n) is 10.4. The molecule has 102 valence electrons. The molecule has 2 aromatic rings. The molecule has 1 aromatic carbocycles. The van der Waals surface area contributed by atoms with E-state index in [-0.39, 0.29) is 24.3 Å². The number of H-pyrrole nitrogens is 1. The first-order chi connectivity index (χ1) is 8.69. The molecule has 6 heteroatoms. The number of nitrogens with one attached hydrogen (secondary N) is 1. The molecule has 0 radical (unpaired) electrons. The second kappa shape index (κ2) is 5.09. The summed E-state index contributed by atoms with van der Waals surface area (Å²) in [5.41, 5.74) is 2.85. The molecule has 0 aliphatic carbocycles. The maximum absolute atomic E-state index is 13.2. The van der Waals surface area contributed by atoms with Gasteiger partial charge in [0.25, 0.3) is 0 Å². The van der Waals surface area contributed by atoms with Crippen LogP contribution in [0.15, 0.2) is 18.2 Å². The number of carbonyl (C=O) groups is 1. The van der Waals surface area contributed by atoms with Crippen molar-refractivity contribution in [2.24, 2.45) is 0 Å². The number of hydrogen-bond donors (Lipinski definition) is 1. The van der Waals surface area contributed by atoms with Crippen molar-refractivity contribution in [2.45, 2.75) is 20.0 Å². The minimum absolute atomic E-state index is 0. The Labute approximate surface area is 115 Å². The summed E-state index contributed by atoms with van der Waals surface area (Å²) in [5.74, 6) is -0.265. The smallest absolute Gasteiger partial charge is 0.410 e. The highest BCUT2D eigenvalue weighted by Gasteiger charge is 2.27. The van der Waals surface area contributed by atoms with Crippen LogP contribution in [0.4, 0.5) is 9.18 Å². The van der Waals surface area contributed by atoms with Gasteiger partial charge in [0.05, 0.1) is 19.7 Å². The standard InChI is InChI=1S/C13H13FN2O2.ClH/c1-2-18-13(17)16-6-10-9-5-8(14)3-4-11(9)15-12(10)7-16;/h3-5,15H,2,6-7H2,1H3;1H. The van der Waals surface area contributed by atoms with Gasteiger partial charge in [-0.1, -0.05) is 0 Å². The summed E-state index contributed by atoms with van der Waals surface area (Å²) < 4.78 is 18.2. The van der Waals surface area contributed by atoms with Crippen molar-refractivity contribution in [1.29, 1.82) is 0 Å². The van der Waals surface area contributed by atoms with Gasteiger partial charge in [-0.3, -0.25) is 4.90 Å². The molecular formula is C13H14ClFN2O2. The molecule has 0 saturated heterocycles. The monoisotopic (exact) mass is 284 g/mol. The highest BCUT2D eigenvalue weighted by molar-refractivity contribution is 5.86. The van der Waals surface area contributed by atoms with E-state index in [9.17, 15) is 9.18 Å². The molecule has 0 fully saturated rings. The Bertz CT molecular complexity index is 626. The number of carbonyl (C=O) groups excluding carboxylic acids is 1. The first-order valence-electron chi connectivity index (χ1n) is 5.89. The lowest BCUT2D eigenvalue weighted by Gasteiger charge is -2.14. The summed E-state index contributed by atoms with van der Waals surface area (Å²) in [4.78, 5) is 16.5. The number of hydrogen-bond acceptors (Lipinski definition) is 2. The highest BCUT2D eigenvalue weighted by Crippen LogP contribution is 2.30. The molecule has 1 aliphatic rings. The fourth-order valence-corrected chi connectivity index (χ4v) is 2.37. The molecule has 1 amide bonds. The van der Waals surface area contributed by atoms with Crippen LogP contribution < -0.4 is 0 Å². The third-order valence-corrected chi connectivity index (χ3v) is 3.18. The van der Waals surface area contributed by atoms with Crippen LogP contribution in [-0.4, -0.2) is 22.6 Å². The molecule has 0 saturated carbocycles. The average Bonchev–Trinajstić information content (AvgIpc) is 2.87. The molecule has 1 aromatic heterocycles. The predicted octanol–water partition coefficient (Wildman–Crippen LogP) is 3.20. The summed E-state index contributed by atoms with van der Waals surface area (Å²) in [6.45, 7) is 3.10. The van der Waals surface area contributed by atoms with Crippen LogP contribution in [0.3, 0.4) is 0 Å². The van der Waals surface area contributed by atoms with Crippen LogP contribution in [0, 0.1) is 5.82 Å². The van der Waals surface area contributed by atoms with E-state index in [0.29, 0.717) is 19.7 Å². The summed E-state index contributed by atoms with van der Waals surface area (Å²) in [6.07, 6.45) is -0.327. The molecule has 0 atom stereocenters. The maximum atomic E-state index is 13.2. The van der Waals surface area contributed by atoms with Gasteiger partial charge in [-0.05, 0) is 25.1 Å². The molecule has 0 bridgehead atoms. The molecular weight excluding hydrogens is 271 g/mol. The van der Waals surface area contributed by atoms with Crippen LogP contribution in [-0.2, 0) is 17.8 Å². The molecule has 3 rings (SSSR count). The SMILES string of the molecule is CCOC(=O)N1Cc2[nH]c3ccc(F)cc3c2C1.Cl. The molecule has 4 nitrogen and oxygen atoms in total. The van der Waals surface area contributed by atoms with Crippen LogP contribution in [0.1, 0.15) is 18.2 Å². The van der Waals surface area contributed by atoms with Gasteiger partial charge in [0.2, 0.25) is 0 Å². The van der Waals surface area contributed by atoms with Crippen molar-refractivity contribution in [3.8, 4) is 0 Å². The fourth-order valence-electron chi connectivity index (χ4n) is 2.37. The molecule has 0 unspecified atom stereocenters. The van der Waals surface area contributed by atoms with E-state index in [2.05, 4.69) is 4.98 Å². The lowest BCUT2D eigenvalue weighted by atomic mass is 10.1. The van der Waals surface area contributed by atoms with Crippen molar-refractivity contribution in [3.05, 3.63) is 35.3 Å². The number of fused-ring (bicyclic) bond motifs is 3. The third kappa shape index (κ3) is 2.26. The van der Waals surface area contributed by atoms with Crippen LogP contribution in [0.5, 0.6) is 0 Å². The normalized spacial score (nSPS) is 13.3. The Morgan fingerprint density at radius 1 is 1.47 bits per heavy atom. The van der Waals surface area contributed by atoms with E-state index in [1.54, 1.807) is 17.9 Å². The number of halogens is 2. The van der Waals surface area contributed by atoms with Crippen LogP contribution in [0.25, 0.3) is 10.9 Å². The summed E-state index contributed by atoms with van der Waals surface area (Å²) in [7, 11) is 0. The Morgan fingerprint density at radius 2 is 2.26 bits per heavy atom. The van der Waals surface area contributed by atoms with Gasteiger partial charge in [0.15, 0.2) is 0 Å². The van der Waals surface area contributed by atoms with Gasteiger partial charge in [-0.25, -0.2) is 9.18 Å². The topological polar surface area (TPSA) is 45.3 Å². The molecule has 0 spiro atoms. The lowest BCUT2D eigenvalue weighted by molar-refractivity contribution is 0.106. The van der Waals surface area contributed by atoms with Gasteiger partial charge >= 0.3 is 6.09 Å². The number of aromatic amines is 1. The van der Waals surface area contributed by atoms with Crippen molar-refractivity contribution in [3.63, 3.8) is 0 Å². The Kier molecular flexibility index (Phi) is 3.66. The number of aromatic nitrogens is 1. The van der Waals surface area contributed by atoms with Gasteiger partial charge in [-0.15, -0.1) is 12.4 Å². The molecule has 1 N–H and O–H groups in total. The van der Waals surface area contributed by atoms with Crippen LogP contribution >= 0.6 is 12.4 Å². The summed E-state index contributed by atoms with van der Waals surface area (Å²) in [5, 5.41) is 0.844. The minimum Gasteiger partial charge on any atom is -0.450 e. The predicted molar refractivity (Wildman–Crippen MR) is 71.8 cm³/mol. The molecule has 19 heavy (non-hydrogen) atoms. The molecule has 1 aliphatic heterocycles. The second-order valence-electron chi connectivity index (χ2n) is 4.33. The van der Waals surface area contributed by atoms with Gasteiger partial charge in [0.1, 0.15) is 5.82 Å². The van der Waals surface area contributed by atoms with Crippen molar-refractivity contribution < 1.29 is 13.9 Å². The Balaban J connectivity index is 0.00000133. The van der Waals surface area contributed by atoms with Crippen molar-refractivity contribution in [2.75, 3.05) is 6.61 Å². The Morgan fingerprint density at radius 3 is 3.00 bits per heavy atom. The van der Waals surface area contributed by atoms with Crippen molar-refractivity contribution in [1.82, 2.24) is 9.88 Å². The average molecular weight is 285 g/mol. The van der Waals surface area contributed by atoms with Crippen LogP contribution in [0.2, 0.25) is 0 Å². The lowest BCUT2D eigenvalue weighted by Crippen LogP contribution is -2.26. The minimum atomic E-state index is -0.327. The van der Waals surface area contributed by atoms with E-state index >= 15 is 0 Å². The summed E-state index contributed by atoms with van der Waals surface area (Å²) >= 11 is 0. The third-order valence-electron chi connectivity index (χ3n) is 3.18. The van der Waals surface area contributed by atoms with E-state index in [4.69, 9.17) is 4.74 Å². The number of ether oxygens (including phenoxy) is 1. The number of nitrogens with zero attached hydrogens (tertiary/aromatic N) is 1. The zero-order valence-corrected chi connectivity index (χ0v) is 11.2. The number of benzene rings is 1.